The molecule has 3 aliphatic heterocycles. The predicted octanol–water partition coefficient (Wildman–Crippen LogP) is 3.89. The first-order valence-corrected chi connectivity index (χ1v) is 13.8. The molecule has 6 rings (SSSR count). The van der Waals surface area contributed by atoms with Gasteiger partial charge in [0, 0.05) is 50.5 Å². The van der Waals surface area contributed by atoms with Gasteiger partial charge in [0.25, 0.3) is 5.91 Å². The van der Waals surface area contributed by atoms with Crippen molar-refractivity contribution < 1.29 is 27.9 Å². The van der Waals surface area contributed by atoms with E-state index in [0.717, 1.165) is 43.7 Å². The highest BCUT2D eigenvalue weighted by Crippen LogP contribution is 2.43. The molecule has 1 unspecified atom stereocenters. The van der Waals surface area contributed by atoms with Crippen LogP contribution in [0.25, 0.3) is 0 Å². The van der Waals surface area contributed by atoms with Gasteiger partial charge in [-0.1, -0.05) is 6.42 Å². The fourth-order valence-electron chi connectivity index (χ4n) is 7.08. The molecule has 1 aromatic rings. The number of amides is 3. The Bertz CT molecular complexity index is 1080. The SMILES string of the molecule is O=C1CCC(N2Cc3cc(O[C@H]4CCCC[C@H]4N4CC(C5CCC(F)(F)CC5)C4)ccc3C2=O)C(=O)N1. The first-order valence-electron chi connectivity index (χ1n) is 13.8. The van der Waals surface area contributed by atoms with Crippen LogP contribution in [0.2, 0.25) is 0 Å². The van der Waals surface area contributed by atoms with Gasteiger partial charge in [0.05, 0.1) is 0 Å². The van der Waals surface area contributed by atoms with Gasteiger partial charge in [0.1, 0.15) is 17.9 Å². The van der Waals surface area contributed by atoms with Gasteiger partial charge in [0.15, 0.2) is 0 Å². The Morgan fingerprint density at radius 1 is 0.946 bits per heavy atom. The molecule has 3 atom stereocenters. The van der Waals surface area contributed by atoms with Crippen molar-refractivity contribution in [2.45, 2.75) is 94.9 Å². The minimum absolute atomic E-state index is 0.0329. The number of alkyl halides is 2. The number of nitrogens with one attached hydrogen (secondary N) is 1. The van der Waals surface area contributed by atoms with E-state index in [2.05, 4.69) is 10.2 Å². The molecule has 37 heavy (non-hydrogen) atoms. The van der Waals surface area contributed by atoms with Gasteiger partial charge < -0.3 is 9.64 Å². The quantitative estimate of drug-likeness (QED) is 0.602. The summed E-state index contributed by atoms with van der Waals surface area (Å²) in [4.78, 5) is 40.8. The number of fused-ring (bicyclic) bond motifs is 1. The minimum Gasteiger partial charge on any atom is -0.489 e. The molecular formula is C28H35F2N3O4. The van der Waals surface area contributed by atoms with Crippen molar-refractivity contribution in [1.82, 2.24) is 15.1 Å². The van der Waals surface area contributed by atoms with Gasteiger partial charge in [0.2, 0.25) is 17.7 Å². The van der Waals surface area contributed by atoms with Crippen LogP contribution in [0.5, 0.6) is 5.75 Å². The number of imide groups is 1. The molecule has 0 bridgehead atoms. The molecule has 4 fully saturated rings. The Hall–Kier alpha value is -2.55. The van der Waals surface area contributed by atoms with Gasteiger partial charge in [-0.3, -0.25) is 24.6 Å². The van der Waals surface area contributed by atoms with Crippen LogP contribution in [0, 0.1) is 11.8 Å². The van der Waals surface area contributed by atoms with Gasteiger partial charge in [-0.05, 0) is 74.1 Å². The molecule has 2 saturated carbocycles. The zero-order valence-electron chi connectivity index (χ0n) is 21.1. The normalized spacial score (nSPS) is 31.1. The van der Waals surface area contributed by atoms with Crippen molar-refractivity contribution in [3.05, 3.63) is 29.3 Å². The highest BCUT2D eigenvalue weighted by atomic mass is 19.3. The first-order chi connectivity index (χ1) is 17.8. The van der Waals surface area contributed by atoms with Gasteiger partial charge >= 0.3 is 0 Å². The topological polar surface area (TPSA) is 79.0 Å². The number of carbonyl (C=O) groups is 3. The van der Waals surface area contributed by atoms with Crippen molar-refractivity contribution in [2.75, 3.05) is 13.1 Å². The van der Waals surface area contributed by atoms with Crippen LogP contribution >= 0.6 is 0 Å². The number of rotatable bonds is 5. The number of hydrogen-bond acceptors (Lipinski definition) is 5. The van der Waals surface area contributed by atoms with Crippen LogP contribution < -0.4 is 10.1 Å². The van der Waals surface area contributed by atoms with Crippen LogP contribution in [0.15, 0.2) is 18.2 Å². The van der Waals surface area contributed by atoms with Crippen LogP contribution in [0.1, 0.15) is 80.1 Å². The summed E-state index contributed by atoms with van der Waals surface area (Å²) in [5.74, 6) is -1.69. The fourth-order valence-corrected chi connectivity index (χ4v) is 7.08. The summed E-state index contributed by atoms with van der Waals surface area (Å²) >= 11 is 0. The lowest BCUT2D eigenvalue weighted by atomic mass is 9.74. The zero-order chi connectivity index (χ0) is 25.7. The van der Waals surface area contributed by atoms with Crippen molar-refractivity contribution in [3.8, 4) is 5.75 Å². The van der Waals surface area contributed by atoms with E-state index in [9.17, 15) is 23.2 Å². The van der Waals surface area contributed by atoms with Crippen LogP contribution in [0.3, 0.4) is 0 Å². The third kappa shape index (κ3) is 4.87. The van der Waals surface area contributed by atoms with E-state index in [1.54, 1.807) is 11.0 Å². The Morgan fingerprint density at radius 3 is 2.46 bits per heavy atom. The maximum absolute atomic E-state index is 13.6. The summed E-state index contributed by atoms with van der Waals surface area (Å²) in [6.07, 6.45) is 6.31. The summed E-state index contributed by atoms with van der Waals surface area (Å²) in [5.41, 5.74) is 1.43. The van der Waals surface area contributed by atoms with Crippen LogP contribution in [-0.4, -0.2) is 64.7 Å². The molecule has 5 aliphatic rings. The molecule has 3 amide bonds. The monoisotopic (exact) mass is 515 g/mol. The molecule has 200 valence electrons. The average Bonchev–Trinajstić information content (AvgIpc) is 3.15. The van der Waals surface area contributed by atoms with Gasteiger partial charge in [-0.25, -0.2) is 8.78 Å². The number of benzene rings is 1. The maximum Gasteiger partial charge on any atom is 0.255 e. The molecular weight excluding hydrogens is 480 g/mol. The highest BCUT2D eigenvalue weighted by molar-refractivity contribution is 6.05. The summed E-state index contributed by atoms with van der Waals surface area (Å²) in [5, 5.41) is 2.34. The van der Waals surface area contributed by atoms with Crippen molar-refractivity contribution in [2.24, 2.45) is 11.8 Å². The second-order valence-corrected chi connectivity index (χ2v) is 11.6. The Morgan fingerprint density at radius 2 is 1.70 bits per heavy atom. The average molecular weight is 516 g/mol. The third-order valence-electron chi connectivity index (χ3n) is 9.29. The second kappa shape index (κ2) is 9.64. The van der Waals surface area contributed by atoms with E-state index >= 15 is 0 Å². The number of carbonyl (C=O) groups excluding carboxylic acids is 3. The molecule has 0 radical (unpaired) electrons. The lowest BCUT2D eigenvalue weighted by Crippen LogP contribution is -2.59. The fraction of sp³-hybridized carbons (Fsp3) is 0.679. The number of likely N-dealkylation sites (tertiary alicyclic amines) is 1. The Labute approximate surface area is 215 Å². The van der Waals surface area contributed by atoms with E-state index in [1.165, 1.54) is 6.42 Å². The summed E-state index contributed by atoms with van der Waals surface area (Å²) < 4.78 is 33.6. The smallest absolute Gasteiger partial charge is 0.255 e. The molecule has 2 saturated heterocycles. The number of hydrogen-bond donors (Lipinski definition) is 1. The first kappa shape index (κ1) is 24.8. The molecule has 2 aliphatic carbocycles. The van der Waals surface area contributed by atoms with Gasteiger partial charge in [-0.15, -0.1) is 0 Å². The molecule has 1 N–H and O–H groups in total. The molecule has 0 spiro atoms. The van der Waals surface area contributed by atoms with E-state index in [0.29, 0.717) is 49.2 Å². The van der Waals surface area contributed by atoms with E-state index in [-0.39, 0.29) is 37.2 Å². The van der Waals surface area contributed by atoms with Gasteiger partial charge in [-0.2, -0.15) is 0 Å². The lowest BCUT2D eigenvalue weighted by Gasteiger charge is -2.51. The number of nitrogens with zero attached hydrogens (tertiary/aromatic N) is 2. The molecule has 7 nitrogen and oxygen atoms in total. The maximum atomic E-state index is 13.6. The lowest BCUT2D eigenvalue weighted by molar-refractivity contribution is -0.136. The summed E-state index contributed by atoms with van der Waals surface area (Å²) in [7, 11) is 0. The minimum atomic E-state index is -2.47. The highest BCUT2D eigenvalue weighted by Gasteiger charge is 2.45. The predicted molar refractivity (Wildman–Crippen MR) is 131 cm³/mol. The van der Waals surface area contributed by atoms with Crippen LogP contribution in [-0.2, 0) is 16.1 Å². The molecule has 3 heterocycles. The molecule has 0 aromatic heterocycles. The van der Waals surface area contributed by atoms with Crippen molar-refractivity contribution in [1.29, 1.82) is 0 Å². The third-order valence-corrected chi connectivity index (χ3v) is 9.29. The summed E-state index contributed by atoms with van der Waals surface area (Å²) in [6.45, 7) is 2.28. The summed E-state index contributed by atoms with van der Waals surface area (Å²) in [6, 6.07) is 5.25. The zero-order valence-corrected chi connectivity index (χ0v) is 21.1. The van der Waals surface area contributed by atoms with E-state index in [1.807, 2.05) is 12.1 Å². The second-order valence-electron chi connectivity index (χ2n) is 11.6. The van der Waals surface area contributed by atoms with Crippen molar-refractivity contribution in [3.63, 3.8) is 0 Å². The molecule has 9 heteroatoms. The van der Waals surface area contributed by atoms with Crippen molar-refractivity contribution >= 4 is 17.7 Å². The standard InChI is InChI=1S/C28H35F2N3O4/c29-28(30)11-9-17(10-12-28)19-14-32(15-19)22-3-1-2-4-24(22)37-20-5-6-21-18(13-20)16-33(27(21)36)23-7-8-25(34)31-26(23)35/h5-6,13,17,19,22-24H,1-4,7-12,14-16H2,(H,31,34,35)/t22-,23?,24+/m1/s1. The number of halogens is 2. The van der Waals surface area contributed by atoms with Crippen LogP contribution in [0.4, 0.5) is 8.78 Å². The Balaban J connectivity index is 1.08. The molecule has 1 aromatic carbocycles. The number of piperidine rings is 1. The van der Waals surface area contributed by atoms with E-state index < -0.39 is 17.9 Å². The number of ether oxygens (including phenoxy) is 1. The largest absolute Gasteiger partial charge is 0.489 e. The van der Waals surface area contributed by atoms with E-state index in [4.69, 9.17) is 4.74 Å². The Kier molecular flexibility index (Phi) is 6.45.